The van der Waals surface area contributed by atoms with E-state index < -0.39 is 0 Å². The Morgan fingerprint density at radius 1 is 0.892 bits per heavy atom. The lowest BCUT2D eigenvalue weighted by Gasteiger charge is -2.40. The van der Waals surface area contributed by atoms with Crippen molar-refractivity contribution in [2.45, 2.75) is 32.9 Å². The molecule has 2 heterocycles. The largest absolute Gasteiger partial charge is 0.497 e. The van der Waals surface area contributed by atoms with Crippen LogP contribution in [0.25, 0.3) is 5.69 Å². The third kappa shape index (κ3) is 4.40. The number of carbonyl (C=O) groups is 2. The van der Waals surface area contributed by atoms with E-state index in [0.717, 1.165) is 33.9 Å². The predicted molar refractivity (Wildman–Crippen MR) is 145 cm³/mol. The van der Waals surface area contributed by atoms with Gasteiger partial charge in [-0.25, -0.2) is 0 Å². The van der Waals surface area contributed by atoms with Crippen molar-refractivity contribution in [1.82, 2.24) is 9.47 Å². The molecular formula is C31H31N3O3. The number of para-hydroxylation sites is 2. The Morgan fingerprint density at radius 3 is 2.24 bits per heavy atom. The highest BCUT2D eigenvalue weighted by Gasteiger charge is 2.37. The number of anilines is 1. The van der Waals surface area contributed by atoms with Gasteiger partial charge in [0.2, 0.25) is 5.91 Å². The van der Waals surface area contributed by atoms with E-state index in [4.69, 9.17) is 4.74 Å². The molecule has 4 aromatic rings. The van der Waals surface area contributed by atoms with Gasteiger partial charge in [0.1, 0.15) is 18.3 Å². The highest BCUT2D eigenvalue weighted by Crippen LogP contribution is 2.42. The van der Waals surface area contributed by atoms with Gasteiger partial charge in [0.15, 0.2) is 0 Å². The van der Waals surface area contributed by atoms with Crippen LogP contribution in [0.2, 0.25) is 0 Å². The van der Waals surface area contributed by atoms with Gasteiger partial charge >= 0.3 is 0 Å². The van der Waals surface area contributed by atoms with Crippen LogP contribution in [-0.4, -0.2) is 41.0 Å². The number of rotatable bonds is 6. The van der Waals surface area contributed by atoms with Crippen LogP contribution in [0.15, 0.2) is 91.1 Å². The molecule has 0 fully saturated rings. The number of hydrogen-bond donors (Lipinski definition) is 0. The molecule has 1 aromatic heterocycles. The molecule has 37 heavy (non-hydrogen) atoms. The summed E-state index contributed by atoms with van der Waals surface area (Å²) in [4.78, 5) is 31.3. The van der Waals surface area contributed by atoms with Gasteiger partial charge < -0.3 is 14.2 Å². The number of benzene rings is 3. The summed E-state index contributed by atoms with van der Waals surface area (Å²) in [5.41, 5.74) is 5.20. The maximum Gasteiger partial charge on any atom is 0.254 e. The maximum atomic E-state index is 14.2. The molecule has 0 radical (unpaired) electrons. The molecule has 6 nitrogen and oxygen atoms in total. The van der Waals surface area contributed by atoms with E-state index in [2.05, 4.69) is 4.57 Å². The molecule has 0 bridgehead atoms. The Kier molecular flexibility index (Phi) is 6.57. The van der Waals surface area contributed by atoms with E-state index in [9.17, 15) is 9.59 Å². The second-order valence-electron chi connectivity index (χ2n) is 9.57. The van der Waals surface area contributed by atoms with E-state index >= 15 is 0 Å². The number of aromatic nitrogens is 1. The second-order valence-corrected chi connectivity index (χ2v) is 9.57. The summed E-state index contributed by atoms with van der Waals surface area (Å²) in [6.45, 7) is 5.77. The number of methoxy groups -OCH3 is 1. The number of hydrogen-bond acceptors (Lipinski definition) is 3. The topological polar surface area (TPSA) is 54.8 Å². The summed E-state index contributed by atoms with van der Waals surface area (Å²) in [5, 5.41) is 0. The first kappa shape index (κ1) is 24.4. The fourth-order valence-corrected chi connectivity index (χ4v) is 5.04. The number of aryl methyl sites for hydroxylation is 1. The van der Waals surface area contributed by atoms with E-state index in [1.807, 2.05) is 117 Å². The fraction of sp³-hybridized carbons (Fsp3) is 0.226. The van der Waals surface area contributed by atoms with Crippen molar-refractivity contribution < 1.29 is 14.3 Å². The second kappa shape index (κ2) is 9.97. The van der Waals surface area contributed by atoms with Gasteiger partial charge in [-0.3, -0.25) is 14.5 Å². The summed E-state index contributed by atoms with van der Waals surface area (Å²) in [6.07, 6.45) is 2.02. The quantitative estimate of drug-likeness (QED) is 0.342. The van der Waals surface area contributed by atoms with Gasteiger partial charge in [-0.15, -0.1) is 0 Å². The van der Waals surface area contributed by atoms with Crippen molar-refractivity contribution in [3.63, 3.8) is 0 Å². The maximum absolute atomic E-state index is 14.2. The number of amides is 2. The molecule has 1 aliphatic rings. The summed E-state index contributed by atoms with van der Waals surface area (Å²) in [5.74, 6) is 0.468. The van der Waals surface area contributed by atoms with Crippen molar-refractivity contribution in [3.8, 4) is 11.4 Å². The molecule has 0 N–H and O–H groups in total. The van der Waals surface area contributed by atoms with Crippen LogP contribution in [-0.2, 0) is 4.79 Å². The SMILES string of the molecule is COc1ccc(C2c3cccn3-c3ccccc3N2C(=O)CN(C(=O)c2ccccc2C)C(C)C)cc1. The number of ether oxygens (including phenoxy) is 1. The minimum absolute atomic E-state index is 0.0352. The molecular weight excluding hydrogens is 462 g/mol. The summed E-state index contributed by atoms with van der Waals surface area (Å²) in [6, 6.07) is 26.8. The molecule has 0 aliphatic carbocycles. The molecule has 0 spiro atoms. The highest BCUT2D eigenvalue weighted by molar-refractivity contribution is 6.03. The zero-order valence-electron chi connectivity index (χ0n) is 21.6. The van der Waals surface area contributed by atoms with Crippen LogP contribution in [0.3, 0.4) is 0 Å². The molecule has 2 amide bonds. The monoisotopic (exact) mass is 493 g/mol. The number of carbonyl (C=O) groups excluding carboxylic acids is 2. The van der Waals surface area contributed by atoms with Crippen LogP contribution < -0.4 is 9.64 Å². The minimum atomic E-state index is -0.356. The standard InChI is InChI=1S/C31H31N3O3/c1-21(2)33(31(36)25-11-6-5-10-22(25)3)20-29(35)34-27-13-8-7-12-26(27)32-19-9-14-28(32)30(34)23-15-17-24(37-4)18-16-23/h5-19,21,30H,20H2,1-4H3. The van der Waals surface area contributed by atoms with Crippen molar-refractivity contribution in [2.24, 2.45) is 0 Å². The summed E-state index contributed by atoms with van der Waals surface area (Å²) >= 11 is 0. The lowest BCUT2D eigenvalue weighted by Crippen LogP contribution is -2.48. The van der Waals surface area contributed by atoms with Gasteiger partial charge in [0.05, 0.1) is 24.2 Å². The summed E-state index contributed by atoms with van der Waals surface area (Å²) < 4.78 is 7.50. The lowest BCUT2D eigenvalue weighted by molar-refractivity contribution is -0.120. The Balaban J connectivity index is 1.58. The highest BCUT2D eigenvalue weighted by atomic mass is 16.5. The van der Waals surface area contributed by atoms with Crippen LogP contribution >= 0.6 is 0 Å². The molecule has 3 aromatic carbocycles. The zero-order valence-corrected chi connectivity index (χ0v) is 21.6. The van der Waals surface area contributed by atoms with Crippen molar-refractivity contribution >= 4 is 17.5 Å². The number of fused-ring (bicyclic) bond motifs is 3. The lowest BCUT2D eigenvalue weighted by atomic mass is 9.97. The van der Waals surface area contributed by atoms with Gasteiger partial charge in [0.25, 0.3) is 5.91 Å². The number of nitrogens with zero attached hydrogens (tertiary/aromatic N) is 3. The van der Waals surface area contributed by atoms with Crippen LogP contribution in [0.1, 0.15) is 47.1 Å². The van der Waals surface area contributed by atoms with Crippen LogP contribution in [0.4, 0.5) is 5.69 Å². The van der Waals surface area contributed by atoms with E-state index in [0.29, 0.717) is 5.56 Å². The average molecular weight is 494 g/mol. The predicted octanol–water partition coefficient (Wildman–Crippen LogP) is 5.78. The molecule has 1 unspecified atom stereocenters. The molecule has 0 saturated carbocycles. The third-order valence-electron chi connectivity index (χ3n) is 6.98. The van der Waals surface area contributed by atoms with E-state index in [1.54, 1.807) is 12.0 Å². The Morgan fingerprint density at radius 2 is 1.57 bits per heavy atom. The summed E-state index contributed by atoms with van der Waals surface area (Å²) in [7, 11) is 1.64. The molecule has 1 atom stereocenters. The van der Waals surface area contributed by atoms with E-state index in [-0.39, 0.29) is 30.4 Å². The van der Waals surface area contributed by atoms with Crippen LogP contribution in [0.5, 0.6) is 5.75 Å². The molecule has 188 valence electrons. The Hall–Kier alpha value is -4.32. The first-order chi connectivity index (χ1) is 17.9. The first-order valence-corrected chi connectivity index (χ1v) is 12.5. The molecule has 6 heteroatoms. The molecule has 5 rings (SSSR count). The van der Waals surface area contributed by atoms with Gasteiger partial charge in [-0.05, 0) is 74.4 Å². The first-order valence-electron chi connectivity index (χ1n) is 12.5. The minimum Gasteiger partial charge on any atom is -0.497 e. The Bertz CT molecular complexity index is 1440. The zero-order chi connectivity index (χ0) is 26.1. The van der Waals surface area contributed by atoms with Crippen LogP contribution in [0, 0.1) is 6.92 Å². The smallest absolute Gasteiger partial charge is 0.254 e. The average Bonchev–Trinajstić information content (AvgIpc) is 3.41. The van der Waals surface area contributed by atoms with Crippen molar-refractivity contribution in [1.29, 1.82) is 0 Å². The van der Waals surface area contributed by atoms with Gasteiger partial charge in [-0.2, -0.15) is 0 Å². The fourth-order valence-electron chi connectivity index (χ4n) is 5.04. The van der Waals surface area contributed by atoms with Gasteiger partial charge in [-0.1, -0.05) is 42.5 Å². The Labute approximate surface area is 217 Å². The van der Waals surface area contributed by atoms with Crippen molar-refractivity contribution in [3.05, 3.63) is 114 Å². The van der Waals surface area contributed by atoms with Gasteiger partial charge in [0, 0.05) is 17.8 Å². The van der Waals surface area contributed by atoms with E-state index in [1.165, 1.54) is 0 Å². The third-order valence-corrected chi connectivity index (χ3v) is 6.98. The molecule has 1 aliphatic heterocycles. The molecule has 0 saturated heterocycles. The van der Waals surface area contributed by atoms with Crippen molar-refractivity contribution in [2.75, 3.05) is 18.6 Å². The normalized spacial score (nSPS) is 14.2.